The van der Waals surface area contributed by atoms with E-state index in [1.807, 2.05) is 6.92 Å². The molecule has 1 fully saturated rings. The van der Waals surface area contributed by atoms with Gasteiger partial charge in [0.2, 0.25) is 5.95 Å². The lowest BCUT2D eigenvalue weighted by atomic mass is 10.2. The van der Waals surface area contributed by atoms with Crippen molar-refractivity contribution in [3.05, 3.63) is 18.2 Å². The average Bonchev–Trinajstić information content (AvgIpc) is 2.28. The summed E-state index contributed by atoms with van der Waals surface area (Å²) < 4.78 is 18.2. The first-order valence-electron chi connectivity index (χ1n) is 5.31. The third-order valence-corrected chi connectivity index (χ3v) is 2.34. The van der Waals surface area contributed by atoms with Gasteiger partial charge < -0.3 is 15.4 Å². The molecule has 0 aromatic carbocycles. The molecular weight excluding hydrogens is 211 g/mol. The molecule has 2 atom stereocenters. The van der Waals surface area contributed by atoms with Crippen LogP contribution in [0, 0.1) is 5.82 Å². The van der Waals surface area contributed by atoms with E-state index < -0.39 is 5.82 Å². The molecule has 0 aliphatic carbocycles. The second-order valence-electron chi connectivity index (χ2n) is 3.83. The van der Waals surface area contributed by atoms with Gasteiger partial charge in [0, 0.05) is 19.6 Å². The summed E-state index contributed by atoms with van der Waals surface area (Å²) in [4.78, 5) is 7.62. The Morgan fingerprint density at radius 2 is 2.25 bits per heavy atom. The molecule has 2 heterocycles. The van der Waals surface area contributed by atoms with Gasteiger partial charge in [-0.2, -0.15) is 0 Å². The van der Waals surface area contributed by atoms with Crippen LogP contribution in [-0.2, 0) is 4.74 Å². The molecule has 6 heteroatoms. The molecule has 0 saturated carbocycles. The number of morpholine rings is 1. The van der Waals surface area contributed by atoms with Crippen molar-refractivity contribution in [3.63, 3.8) is 0 Å². The maximum absolute atomic E-state index is 12.5. The molecule has 0 spiro atoms. The number of nitrogens with zero attached hydrogens (tertiary/aromatic N) is 2. The molecule has 1 aromatic heterocycles. The van der Waals surface area contributed by atoms with E-state index in [4.69, 9.17) is 4.74 Å². The van der Waals surface area contributed by atoms with Crippen LogP contribution >= 0.6 is 0 Å². The van der Waals surface area contributed by atoms with E-state index >= 15 is 0 Å². The molecule has 1 aliphatic heterocycles. The minimum Gasteiger partial charge on any atom is -0.371 e. The Morgan fingerprint density at radius 3 is 2.94 bits per heavy atom. The average molecular weight is 226 g/mol. The lowest BCUT2D eigenvalue weighted by Crippen LogP contribution is -2.46. The fraction of sp³-hybridized carbons (Fsp3) is 0.600. The highest BCUT2D eigenvalue weighted by molar-refractivity contribution is 5.22. The number of anilines is 1. The van der Waals surface area contributed by atoms with Crippen LogP contribution in [0.25, 0.3) is 0 Å². The van der Waals surface area contributed by atoms with Gasteiger partial charge in [0.25, 0.3) is 0 Å². The van der Waals surface area contributed by atoms with Crippen molar-refractivity contribution in [1.82, 2.24) is 15.3 Å². The molecule has 16 heavy (non-hydrogen) atoms. The lowest BCUT2D eigenvalue weighted by Gasteiger charge is -2.28. The maximum atomic E-state index is 12.5. The number of nitrogens with one attached hydrogen (secondary N) is 2. The van der Waals surface area contributed by atoms with E-state index in [-0.39, 0.29) is 12.2 Å². The number of rotatable bonds is 3. The van der Waals surface area contributed by atoms with Crippen molar-refractivity contribution in [2.24, 2.45) is 0 Å². The van der Waals surface area contributed by atoms with Crippen LogP contribution < -0.4 is 10.6 Å². The Morgan fingerprint density at radius 1 is 1.50 bits per heavy atom. The largest absolute Gasteiger partial charge is 0.371 e. The van der Waals surface area contributed by atoms with Gasteiger partial charge in [0.15, 0.2) is 5.82 Å². The second kappa shape index (κ2) is 5.18. The molecule has 1 aliphatic rings. The predicted molar refractivity (Wildman–Crippen MR) is 57.7 cm³/mol. The first kappa shape index (κ1) is 11.2. The minimum atomic E-state index is -0.435. The number of halogens is 1. The smallest absolute Gasteiger partial charge is 0.222 e. The summed E-state index contributed by atoms with van der Waals surface area (Å²) in [6, 6.07) is 0. The van der Waals surface area contributed by atoms with Crippen LogP contribution in [0.3, 0.4) is 0 Å². The van der Waals surface area contributed by atoms with Crippen molar-refractivity contribution >= 4 is 5.95 Å². The number of ether oxygens (including phenoxy) is 1. The van der Waals surface area contributed by atoms with E-state index in [0.29, 0.717) is 12.5 Å². The van der Waals surface area contributed by atoms with Crippen molar-refractivity contribution < 1.29 is 9.13 Å². The van der Waals surface area contributed by atoms with Crippen molar-refractivity contribution in [2.75, 3.05) is 25.0 Å². The molecule has 0 unspecified atom stereocenters. The second-order valence-corrected chi connectivity index (χ2v) is 3.83. The number of hydrogen-bond donors (Lipinski definition) is 2. The van der Waals surface area contributed by atoms with Gasteiger partial charge in [-0.25, -0.2) is 14.4 Å². The van der Waals surface area contributed by atoms with E-state index in [2.05, 4.69) is 20.6 Å². The summed E-state index contributed by atoms with van der Waals surface area (Å²) in [5, 5.41) is 6.27. The standard InChI is InChI=1S/C10H15FN4O/c1-7-2-12-5-9(16-7)6-15-10-13-3-8(11)4-14-10/h3-4,7,9,12H,2,5-6H2,1H3,(H,13,14,15)/t7-,9+/m1/s1. The lowest BCUT2D eigenvalue weighted by molar-refractivity contribution is -0.0196. The Kier molecular flexibility index (Phi) is 3.63. The van der Waals surface area contributed by atoms with Gasteiger partial charge >= 0.3 is 0 Å². The van der Waals surface area contributed by atoms with Crippen LogP contribution in [0.5, 0.6) is 0 Å². The monoisotopic (exact) mass is 226 g/mol. The maximum Gasteiger partial charge on any atom is 0.222 e. The van der Waals surface area contributed by atoms with Gasteiger partial charge in [-0.1, -0.05) is 0 Å². The molecule has 5 nitrogen and oxygen atoms in total. The van der Waals surface area contributed by atoms with Gasteiger partial charge in [-0.05, 0) is 6.92 Å². The highest BCUT2D eigenvalue weighted by Gasteiger charge is 2.18. The highest BCUT2D eigenvalue weighted by Crippen LogP contribution is 2.04. The fourth-order valence-corrected chi connectivity index (χ4v) is 1.60. The Balaban J connectivity index is 1.80. The van der Waals surface area contributed by atoms with Crippen LogP contribution in [0.4, 0.5) is 10.3 Å². The van der Waals surface area contributed by atoms with Crippen LogP contribution in [0.2, 0.25) is 0 Å². The van der Waals surface area contributed by atoms with Crippen LogP contribution in [0.15, 0.2) is 12.4 Å². The molecule has 2 N–H and O–H groups in total. The Labute approximate surface area is 93.4 Å². The quantitative estimate of drug-likeness (QED) is 0.781. The van der Waals surface area contributed by atoms with Crippen molar-refractivity contribution in [2.45, 2.75) is 19.1 Å². The van der Waals surface area contributed by atoms with Gasteiger partial charge in [-0.15, -0.1) is 0 Å². The first-order valence-corrected chi connectivity index (χ1v) is 5.31. The molecule has 0 radical (unpaired) electrons. The summed E-state index contributed by atoms with van der Waals surface area (Å²) >= 11 is 0. The molecule has 1 aromatic rings. The normalized spacial score (nSPS) is 25.4. The summed E-state index contributed by atoms with van der Waals surface area (Å²) in [7, 11) is 0. The Hall–Kier alpha value is -1.27. The molecule has 2 rings (SSSR count). The zero-order chi connectivity index (χ0) is 11.4. The molecule has 88 valence electrons. The van der Waals surface area contributed by atoms with Gasteiger partial charge in [-0.3, -0.25) is 0 Å². The summed E-state index contributed by atoms with van der Waals surface area (Å²) in [5.41, 5.74) is 0. The van der Waals surface area contributed by atoms with Gasteiger partial charge in [0.1, 0.15) is 0 Å². The van der Waals surface area contributed by atoms with Gasteiger partial charge in [0.05, 0.1) is 24.6 Å². The molecule has 0 amide bonds. The third-order valence-electron chi connectivity index (χ3n) is 2.34. The van der Waals surface area contributed by atoms with E-state index in [1.54, 1.807) is 0 Å². The summed E-state index contributed by atoms with van der Waals surface area (Å²) in [5.74, 6) is -0.0158. The highest BCUT2D eigenvalue weighted by atomic mass is 19.1. The number of aromatic nitrogens is 2. The van der Waals surface area contributed by atoms with Crippen molar-refractivity contribution in [1.29, 1.82) is 0 Å². The van der Waals surface area contributed by atoms with Crippen LogP contribution in [0.1, 0.15) is 6.92 Å². The summed E-state index contributed by atoms with van der Waals surface area (Å²) in [6.07, 6.45) is 2.59. The van der Waals surface area contributed by atoms with Crippen LogP contribution in [-0.4, -0.2) is 41.8 Å². The third kappa shape index (κ3) is 3.11. The predicted octanol–water partition coefficient (Wildman–Crippen LogP) is 0.404. The van der Waals surface area contributed by atoms with E-state index in [1.165, 1.54) is 0 Å². The first-order chi connectivity index (χ1) is 7.74. The summed E-state index contributed by atoms with van der Waals surface area (Å²) in [6.45, 7) is 4.32. The zero-order valence-electron chi connectivity index (χ0n) is 9.11. The Bertz CT molecular complexity index is 332. The molecule has 0 bridgehead atoms. The van der Waals surface area contributed by atoms with E-state index in [9.17, 15) is 4.39 Å². The van der Waals surface area contributed by atoms with Crippen molar-refractivity contribution in [3.8, 4) is 0 Å². The molecule has 1 saturated heterocycles. The fourth-order valence-electron chi connectivity index (χ4n) is 1.60. The SMILES string of the molecule is C[C@@H]1CNC[C@@H](CNc2ncc(F)cn2)O1. The minimum absolute atomic E-state index is 0.0948. The van der Waals surface area contributed by atoms with E-state index in [0.717, 1.165) is 25.5 Å². The topological polar surface area (TPSA) is 59.1 Å². The number of hydrogen-bond acceptors (Lipinski definition) is 5. The zero-order valence-corrected chi connectivity index (χ0v) is 9.11. The molecular formula is C10H15FN4O.